The van der Waals surface area contributed by atoms with Gasteiger partial charge in [0.25, 0.3) is 0 Å². The minimum atomic E-state index is -1.59. The third-order valence-electron chi connectivity index (χ3n) is 3.06. The van der Waals surface area contributed by atoms with Gasteiger partial charge in [-0.15, -0.1) is 0 Å². The number of benzene rings is 1. The van der Waals surface area contributed by atoms with E-state index in [1.165, 1.54) is 5.56 Å². The molecule has 0 saturated carbocycles. The molecule has 1 unspecified atom stereocenters. The van der Waals surface area contributed by atoms with Crippen LogP contribution in [-0.2, 0) is 15.8 Å². The first kappa shape index (κ1) is 13.5. The number of hydrogen-bond donors (Lipinski definition) is 0. The third kappa shape index (κ3) is 4.41. The Morgan fingerprint density at radius 2 is 2.06 bits per heavy atom. The molecule has 1 atom stereocenters. The van der Waals surface area contributed by atoms with E-state index in [0.717, 1.165) is 12.8 Å². The van der Waals surface area contributed by atoms with Gasteiger partial charge in [0.2, 0.25) is 8.32 Å². The molecule has 1 heterocycles. The van der Waals surface area contributed by atoms with Crippen molar-refractivity contribution in [3.63, 3.8) is 0 Å². The molecule has 3 heteroatoms. The van der Waals surface area contributed by atoms with Crippen molar-refractivity contribution in [1.29, 1.82) is 0 Å². The van der Waals surface area contributed by atoms with E-state index in [9.17, 15) is 0 Å². The number of ether oxygens (including phenoxy) is 1. The Hall–Kier alpha value is -0.903. The molecule has 0 aromatic heterocycles. The molecule has 1 aromatic carbocycles. The van der Waals surface area contributed by atoms with Crippen LogP contribution in [0.2, 0.25) is 13.1 Å². The summed E-state index contributed by atoms with van der Waals surface area (Å²) < 4.78 is 11.9. The van der Waals surface area contributed by atoms with Crippen LogP contribution in [0.1, 0.15) is 18.4 Å². The fourth-order valence-electron chi connectivity index (χ4n) is 2.18. The van der Waals surface area contributed by atoms with E-state index >= 15 is 0 Å². The fourth-order valence-corrected chi connectivity index (χ4v) is 4.03. The SMILES string of the molecule is C[Si]1(C)C=CCCC(COCc2ccccc2)O1. The lowest BCUT2D eigenvalue weighted by Gasteiger charge is -2.24. The molecule has 2 nitrogen and oxygen atoms in total. The molecular weight excluding hydrogens is 240 g/mol. The Morgan fingerprint density at radius 1 is 1.28 bits per heavy atom. The second-order valence-corrected chi connectivity index (χ2v) is 9.10. The summed E-state index contributed by atoms with van der Waals surface area (Å²) in [6, 6.07) is 10.3. The van der Waals surface area contributed by atoms with Gasteiger partial charge in [0.05, 0.1) is 19.3 Å². The maximum absolute atomic E-state index is 6.16. The Morgan fingerprint density at radius 3 is 2.83 bits per heavy atom. The molecule has 0 saturated heterocycles. The van der Waals surface area contributed by atoms with E-state index < -0.39 is 8.32 Å². The van der Waals surface area contributed by atoms with Crippen molar-refractivity contribution in [3.8, 4) is 0 Å². The topological polar surface area (TPSA) is 18.5 Å². The Labute approximate surface area is 111 Å². The van der Waals surface area contributed by atoms with Gasteiger partial charge in [-0.1, -0.05) is 42.1 Å². The van der Waals surface area contributed by atoms with Gasteiger partial charge < -0.3 is 9.16 Å². The molecule has 0 radical (unpaired) electrons. The highest BCUT2D eigenvalue weighted by molar-refractivity contribution is 6.76. The van der Waals surface area contributed by atoms with Crippen LogP contribution in [0.5, 0.6) is 0 Å². The summed E-state index contributed by atoms with van der Waals surface area (Å²) in [5, 5.41) is 0. The minimum Gasteiger partial charge on any atom is -0.408 e. The number of rotatable bonds is 4. The molecule has 2 rings (SSSR count). The van der Waals surface area contributed by atoms with Gasteiger partial charge >= 0.3 is 0 Å². The number of allylic oxidation sites excluding steroid dienone is 1. The van der Waals surface area contributed by atoms with E-state index in [1.807, 2.05) is 18.2 Å². The van der Waals surface area contributed by atoms with Crippen molar-refractivity contribution in [2.75, 3.05) is 6.61 Å². The van der Waals surface area contributed by atoms with Crippen molar-refractivity contribution >= 4 is 8.32 Å². The van der Waals surface area contributed by atoms with Crippen molar-refractivity contribution in [1.82, 2.24) is 0 Å². The highest BCUT2D eigenvalue weighted by Crippen LogP contribution is 2.18. The third-order valence-corrected chi connectivity index (χ3v) is 5.04. The van der Waals surface area contributed by atoms with Crippen LogP contribution in [0.15, 0.2) is 42.1 Å². The molecule has 1 aliphatic heterocycles. The van der Waals surface area contributed by atoms with Gasteiger partial charge in [0.15, 0.2) is 0 Å². The lowest BCUT2D eigenvalue weighted by Crippen LogP contribution is -2.34. The van der Waals surface area contributed by atoms with E-state index in [4.69, 9.17) is 9.16 Å². The average molecular weight is 262 g/mol. The average Bonchev–Trinajstić information content (AvgIpc) is 2.51. The van der Waals surface area contributed by atoms with Crippen LogP contribution in [0.4, 0.5) is 0 Å². The lowest BCUT2D eigenvalue weighted by atomic mass is 10.2. The summed E-state index contributed by atoms with van der Waals surface area (Å²) in [6.45, 7) is 5.85. The Balaban J connectivity index is 1.77. The van der Waals surface area contributed by atoms with Gasteiger partial charge in [-0.05, 0) is 31.5 Å². The van der Waals surface area contributed by atoms with Crippen molar-refractivity contribution in [2.24, 2.45) is 0 Å². The summed E-state index contributed by atoms with van der Waals surface area (Å²) in [5.74, 6) is 0. The molecule has 0 fully saturated rings. The molecule has 0 bridgehead atoms. The van der Waals surface area contributed by atoms with E-state index in [-0.39, 0.29) is 6.10 Å². The molecule has 0 aliphatic carbocycles. The first-order chi connectivity index (χ1) is 8.66. The summed E-state index contributed by atoms with van der Waals surface area (Å²) in [4.78, 5) is 0. The predicted molar refractivity (Wildman–Crippen MR) is 76.8 cm³/mol. The first-order valence-electron chi connectivity index (χ1n) is 6.63. The molecule has 0 spiro atoms. The van der Waals surface area contributed by atoms with Crippen LogP contribution in [-0.4, -0.2) is 21.0 Å². The predicted octanol–water partition coefficient (Wildman–Crippen LogP) is 3.68. The maximum Gasteiger partial charge on any atom is 0.211 e. The molecule has 98 valence electrons. The second-order valence-electron chi connectivity index (χ2n) is 5.32. The molecular formula is C15H22O2Si. The van der Waals surface area contributed by atoms with Crippen molar-refractivity contribution < 1.29 is 9.16 Å². The quantitative estimate of drug-likeness (QED) is 0.771. The molecule has 1 aromatic rings. The normalized spacial score (nSPS) is 22.7. The standard InChI is InChI=1S/C15H22O2Si/c1-18(2)11-7-6-10-15(17-18)13-16-12-14-8-4-3-5-9-14/h3-5,7-9,11,15H,6,10,12-13H2,1-2H3. The Kier molecular flexibility index (Phi) is 4.75. The molecule has 1 aliphatic rings. The van der Waals surface area contributed by atoms with E-state index in [1.54, 1.807) is 0 Å². The second kappa shape index (κ2) is 6.32. The summed E-state index contributed by atoms with van der Waals surface area (Å²) in [5.41, 5.74) is 3.50. The van der Waals surface area contributed by atoms with Crippen LogP contribution in [0.25, 0.3) is 0 Å². The largest absolute Gasteiger partial charge is 0.408 e. The zero-order valence-electron chi connectivity index (χ0n) is 11.3. The van der Waals surface area contributed by atoms with Crippen LogP contribution >= 0.6 is 0 Å². The molecule has 0 N–H and O–H groups in total. The highest BCUT2D eigenvalue weighted by Gasteiger charge is 2.25. The summed E-state index contributed by atoms with van der Waals surface area (Å²) in [6.07, 6.45) is 4.70. The molecule has 18 heavy (non-hydrogen) atoms. The van der Waals surface area contributed by atoms with Crippen LogP contribution < -0.4 is 0 Å². The van der Waals surface area contributed by atoms with Crippen LogP contribution in [0.3, 0.4) is 0 Å². The maximum atomic E-state index is 6.16. The Bertz CT molecular complexity index is 387. The smallest absolute Gasteiger partial charge is 0.211 e. The lowest BCUT2D eigenvalue weighted by molar-refractivity contribution is 0.0357. The monoisotopic (exact) mass is 262 g/mol. The zero-order chi connectivity index (χ0) is 12.8. The van der Waals surface area contributed by atoms with Gasteiger partial charge in [0.1, 0.15) is 0 Å². The van der Waals surface area contributed by atoms with Gasteiger partial charge in [-0.2, -0.15) is 0 Å². The first-order valence-corrected chi connectivity index (χ1v) is 9.61. The summed E-state index contributed by atoms with van der Waals surface area (Å²) >= 11 is 0. The molecule has 0 amide bonds. The minimum absolute atomic E-state index is 0.255. The fraction of sp³-hybridized carbons (Fsp3) is 0.467. The van der Waals surface area contributed by atoms with E-state index in [2.05, 4.69) is 37.0 Å². The summed E-state index contributed by atoms with van der Waals surface area (Å²) in [7, 11) is -1.59. The van der Waals surface area contributed by atoms with Crippen LogP contribution in [0, 0.1) is 0 Å². The highest BCUT2D eigenvalue weighted by atomic mass is 28.4. The zero-order valence-corrected chi connectivity index (χ0v) is 12.3. The van der Waals surface area contributed by atoms with E-state index in [0.29, 0.717) is 13.2 Å². The van der Waals surface area contributed by atoms with Gasteiger partial charge in [0, 0.05) is 0 Å². The number of hydrogen-bond acceptors (Lipinski definition) is 2. The van der Waals surface area contributed by atoms with Crippen molar-refractivity contribution in [3.05, 3.63) is 47.7 Å². The van der Waals surface area contributed by atoms with Gasteiger partial charge in [-0.25, -0.2) is 0 Å². The van der Waals surface area contributed by atoms with Crippen molar-refractivity contribution in [2.45, 2.75) is 38.6 Å². The van der Waals surface area contributed by atoms with Gasteiger partial charge in [-0.3, -0.25) is 0 Å².